The van der Waals surface area contributed by atoms with Crippen LogP contribution in [0.2, 0.25) is 0 Å². The monoisotopic (exact) mass is 651 g/mol. The minimum Gasteiger partial charge on any atom is -0.496 e. The van der Waals surface area contributed by atoms with Gasteiger partial charge in [0.15, 0.2) is 11.6 Å². The van der Waals surface area contributed by atoms with Crippen LogP contribution in [-0.2, 0) is 16.1 Å². The van der Waals surface area contributed by atoms with Crippen molar-refractivity contribution in [1.29, 1.82) is 0 Å². The number of rotatable bonds is 16. The molecule has 5 rings (SSSR count). The number of ether oxygens (including phenoxy) is 5. The molecule has 0 saturated carbocycles. The fourth-order valence-electron chi connectivity index (χ4n) is 5.45. The summed E-state index contributed by atoms with van der Waals surface area (Å²) in [5.74, 6) is 2.30. The number of hydrogen-bond acceptors (Lipinski definition) is 9. The van der Waals surface area contributed by atoms with Crippen LogP contribution in [0.25, 0.3) is 6.08 Å². The Balaban J connectivity index is 1.48. The first-order chi connectivity index (χ1) is 23.5. The molecular formula is C38H41N3O7. The summed E-state index contributed by atoms with van der Waals surface area (Å²) in [7, 11) is 4.70. The first kappa shape index (κ1) is 34.0. The summed E-state index contributed by atoms with van der Waals surface area (Å²) in [6.07, 6.45) is 3.98. The molecule has 4 aromatic carbocycles. The van der Waals surface area contributed by atoms with Gasteiger partial charge in [-0.25, -0.2) is 10.4 Å². The lowest BCUT2D eigenvalue weighted by molar-refractivity contribution is -0.129. The highest BCUT2D eigenvalue weighted by Crippen LogP contribution is 2.43. The highest BCUT2D eigenvalue weighted by Gasteiger charge is 2.52. The van der Waals surface area contributed by atoms with Crippen LogP contribution in [0.15, 0.2) is 108 Å². The van der Waals surface area contributed by atoms with Gasteiger partial charge in [0, 0.05) is 43.7 Å². The van der Waals surface area contributed by atoms with Gasteiger partial charge in [0.1, 0.15) is 23.0 Å². The fourth-order valence-corrected chi connectivity index (χ4v) is 5.45. The van der Waals surface area contributed by atoms with Gasteiger partial charge in [0.05, 0.1) is 33.5 Å². The summed E-state index contributed by atoms with van der Waals surface area (Å²) in [6, 6.07) is 30.4. The highest BCUT2D eigenvalue weighted by atomic mass is 16.5. The maximum atomic E-state index is 14.5. The Morgan fingerprint density at radius 1 is 0.896 bits per heavy atom. The van der Waals surface area contributed by atoms with Gasteiger partial charge in [-0.2, -0.15) is 0 Å². The summed E-state index contributed by atoms with van der Waals surface area (Å²) in [4.78, 5) is 19.5. The normalized spacial score (nSPS) is 17.0. The van der Waals surface area contributed by atoms with E-state index in [2.05, 4.69) is 10.9 Å². The van der Waals surface area contributed by atoms with Crippen LogP contribution >= 0.6 is 0 Å². The van der Waals surface area contributed by atoms with Crippen molar-refractivity contribution in [2.45, 2.75) is 31.0 Å². The van der Waals surface area contributed by atoms with Crippen molar-refractivity contribution in [2.75, 3.05) is 34.5 Å². The van der Waals surface area contributed by atoms with Gasteiger partial charge >= 0.3 is 0 Å². The van der Waals surface area contributed by atoms with Gasteiger partial charge in [-0.15, -0.1) is 0 Å². The van der Waals surface area contributed by atoms with E-state index in [-0.39, 0.29) is 25.5 Å². The number of amides is 1. The predicted octanol–water partition coefficient (Wildman–Crippen LogP) is 5.66. The maximum Gasteiger partial charge on any atom is 0.266 e. The van der Waals surface area contributed by atoms with Crippen LogP contribution in [0.1, 0.15) is 41.2 Å². The maximum absolute atomic E-state index is 14.5. The molecule has 48 heavy (non-hydrogen) atoms. The molecule has 0 spiro atoms. The second kappa shape index (κ2) is 16.5. The van der Waals surface area contributed by atoms with Crippen molar-refractivity contribution >= 4 is 17.9 Å². The molecular weight excluding hydrogens is 610 g/mol. The first-order valence-corrected chi connectivity index (χ1v) is 15.7. The molecule has 0 unspecified atom stereocenters. The zero-order valence-electron chi connectivity index (χ0n) is 27.3. The number of carbonyl (C=O) groups excluding carboxylic acids is 1. The van der Waals surface area contributed by atoms with E-state index in [4.69, 9.17) is 33.8 Å². The molecule has 4 aromatic rings. The molecule has 3 N–H and O–H groups in total. The molecule has 10 heteroatoms. The molecule has 0 aromatic heterocycles. The molecule has 1 aliphatic heterocycles. The number of aliphatic hydroxyl groups is 1. The van der Waals surface area contributed by atoms with Crippen LogP contribution < -0.4 is 29.8 Å². The van der Waals surface area contributed by atoms with Crippen LogP contribution in [0.4, 0.5) is 0 Å². The van der Waals surface area contributed by atoms with E-state index in [1.807, 2.05) is 97.1 Å². The van der Waals surface area contributed by atoms with Crippen molar-refractivity contribution in [3.8, 4) is 23.0 Å². The number of nitrogens with zero attached hydrogens (tertiary/aromatic N) is 1. The molecule has 0 saturated heterocycles. The molecule has 2 atom stereocenters. The molecule has 10 nitrogen and oxygen atoms in total. The number of aliphatic hydroxyl groups excluding tert-OH is 1. The Hall–Kier alpha value is -5.32. The van der Waals surface area contributed by atoms with E-state index in [1.165, 1.54) is 0 Å². The van der Waals surface area contributed by atoms with Gasteiger partial charge in [0.2, 0.25) is 5.90 Å². The van der Waals surface area contributed by atoms with E-state index >= 15 is 0 Å². The lowest BCUT2D eigenvalue weighted by Gasteiger charge is -2.30. The van der Waals surface area contributed by atoms with E-state index in [0.29, 0.717) is 53.1 Å². The van der Waals surface area contributed by atoms with Gasteiger partial charge in [-0.1, -0.05) is 72.8 Å². The molecule has 0 fully saturated rings. The standard InChI is InChI=1S/C38H41N3O7/c1-44-31-24-33(45-2)32(34(25-31)46-3)26-39-41-37(43)38(21-10-14-27-12-6-4-7-13-27)35(28-15-8-5-9-16-28)48-36(40-38)29-17-19-30(20-18-29)47-23-11-22-42/h4-10,12-20,24-25,35,39,42H,11,21-23,26H2,1-3H3,(H,41,43)/b14-10+/t35-,38-/m0/s1. The molecule has 1 heterocycles. The Bertz CT molecular complexity index is 1670. The number of hydrogen-bond donors (Lipinski definition) is 3. The number of nitrogens with one attached hydrogen (secondary N) is 2. The van der Waals surface area contributed by atoms with E-state index in [1.54, 1.807) is 33.5 Å². The summed E-state index contributed by atoms with van der Waals surface area (Å²) in [5.41, 5.74) is 7.82. The van der Waals surface area contributed by atoms with Crippen molar-refractivity contribution in [1.82, 2.24) is 10.9 Å². The summed E-state index contributed by atoms with van der Waals surface area (Å²) in [6.45, 7) is 0.660. The molecule has 1 aliphatic rings. The quantitative estimate of drug-likeness (QED) is 0.105. The number of aliphatic imine (C=N–C) groups is 1. The molecule has 1 amide bonds. The minimum absolute atomic E-state index is 0.0580. The number of hydrazine groups is 1. The third kappa shape index (κ3) is 7.96. The Kier molecular flexibility index (Phi) is 11.7. The Morgan fingerprint density at radius 2 is 1.56 bits per heavy atom. The topological polar surface area (TPSA) is 120 Å². The molecule has 0 radical (unpaired) electrons. The van der Waals surface area contributed by atoms with E-state index < -0.39 is 11.6 Å². The highest BCUT2D eigenvalue weighted by molar-refractivity contribution is 6.01. The summed E-state index contributed by atoms with van der Waals surface area (Å²) in [5, 5.41) is 9.08. The number of benzene rings is 4. The Morgan fingerprint density at radius 3 is 2.19 bits per heavy atom. The molecule has 0 aliphatic carbocycles. The van der Waals surface area contributed by atoms with Crippen LogP contribution in [0.3, 0.4) is 0 Å². The van der Waals surface area contributed by atoms with E-state index in [9.17, 15) is 4.79 Å². The molecule has 0 bridgehead atoms. The van der Waals surface area contributed by atoms with Crippen LogP contribution in [-0.4, -0.2) is 57.0 Å². The van der Waals surface area contributed by atoms with Crippen LogP contribution in [0.5, 0.6) is 23.0 Å². The van der Waals surface area contributed by atoms with Gasteiger partial charge in [0.25, 0.3) is 5.91 Å². The lowest BCUT2D eigenvalue weighted by atomic mass is 9.84. The SMILES string of the molecule is COc1cc(OC)c(CNNC(=O)[C@@]2(C/C=C/c3ccccc3)N=C(c3ccc(OCCCO)cc3)O[C@H]2c2ccccc2)c(OC)c1. The lowest BCUT2D eigenvalue weighted by Crippen LogP contribution is -2.52. The average Bonchev–Trinajstić information content (AvgIpc) is 3.53. The zero-order chi connectivity index (χ0) is 33.8. The average molecular weight is 652 g/mol. The largest absolute Gasteiger partial charge is 0.496 e. The number of methoxy groups -OCH3 is 3. The number of carbonyl (C=O) groups is 1. The minimum atomic E-state index is -1.38. The summed E-state index contributed by atoms with van der Waals surface area (Å²) >= 11 is 0. The Labute approximate surface area is 281 Å². The van der Waals surface area contributed by atoms with Crippen molar-refractivity contribution in [3.05, 3.63) is 125 Å². The van der Waals surface area contributed by atoms with Gasteiger partial charge in [-0.3, -0.25) is 10.2 Å². The van der Waals surface area contributed by atoms with Crippen molar-refractivity contribution in [3.63, 3.8) is 0 Å². The van der Waals surface area contributed by atoms with Crippen LogP contribution in [0, 0.1) is 0 Å². The van der Waals surface area contributed by atoms with Gasteiger partial charge in [-0.05, 0) is 35.4 Å². The van der Waals surface area contributed by atoms with Crippen molar-refractivity contribution < 1.29 is 33.6 Å². The first-order valence-electron chi connectivity index (χ1n) is 15.7. The predicted molar refractivity (Wildman–Crippen MR) is 184 cm³/mol. The third-order valence-electron chi connectivity index (χ3n) is 7.96. The summed E-state index contributed by atoms with van der Waals surface area (Å²) < 4.78 is 28.8. The third-order valence-corrected chi connectivity index (χ3v) is 7.96. The van der Waals surface area contributed by atoms with Crippen molar-refractivity contribution in [2.24, 2.45) is 4.99 Å². The van der Waals surface area contributed by atoms with E-state index in [0.717, 1.165) is 11.1 Å². The molecule has 250 valence electrons. The zero-order valence-corrected chi connectivity index (χ0v) is 27.3. The second-order valence-electron chi connectivity index (χ2n) is 11.0. The van der Waals surface area contributed by atoms with Gasteiger partial charge < -0.3 is 28.8 Å². The second-order valence-corrected chi connectivity index (χ2v) is 11.0. The fraction of sp³-hybridized carbons (Fsp3) is 0.263. The smallest absolute Gasteiger partial charge is 0.266 e.